The summed E-state index contributed by atoms with van der Waals surface area (Å²) < 4.78 is 5.19. The molecule has 1 aromatic carbocycles. The number of amides is 2. The molecule has 5 rings (SSSR count). The Morgan fingerprint density at radius 1 is 1.11 bits per heavy atom. The van der Waals surface area contributed by atoms with Gasteiger partial charge < -0.3 is 15.4 Å². The third kappa shape index (κ3) is 4.67. The average Bonchev–Trinajstić information content (AvgIpc) is 2.90. The molecule has 0 saturated carbocycles. The number of hydrogen-bond donors (Lipinski definition) is 1. The molecule has 1 saturated heterocycles. The van der Waals surface area contributed by atoms with E-state index < -0.39 is 12.3 Å². The van der Waals surface area contributed by atoms with Gasteiger partial charge in [-0.1, -0.05) is 24.6 Å². The molecule has 9 nitrogen and oxygen atoms in total. The maximum Gasteiger partial charge on any atom is 0.411 e. The van der Waals surface area contributed by atoms with Crippen molar-refractivity contribution in [3.05, 3.63) is 65.4 Å². The Kier molecular flexibility index (Phi) is 6.67. The quantitative estimate of drug-likeness (QED) is 0.445. The van der Waals surface area contributed by atoms with Crippen LogP contribution >= 0.6 is 11.6 Å². The molecule has 4 heterocycles. The topological polar surface area (TPSA) is 115 Å². The van der Waals surface area contributed by atoms with Gasteiger partial charge in [-0.05, 0) is 42.8 Å². The number of hydrogen-bond acceptors (Lipinski definition) is 7. The zero-order valence-corrected chi connectivity index (χ0v) is 20.5. The molecule has 0 aliphatic carbocycles. The average molecular weight is 505 g/mol. The fourth-order valence-corrected chi connectivity index (χ4v) is 4.50. The van der Waals surface area contributed by atoms with Crippen molar-refractivity contribution < 1.29 is 14.3 Å². The van der Waals surface area contributed by atoms with Crippen molar-refractivity contribution in [2.45, 2.75) is 19.5 Å². The van der Waals surface area contributed by atoms with Crippen molar-refractivity contribution in [2.24, 2.45) is 5.73 Å². The molecule has 0 spiro atoms. The molecule has 1 aliphatic heterocycles. The molecule has 1 aliphatic rings. The Hall–Kier alpha value is -3.82. The molecule has 36 heavy (non-hydrogen) atoms. The molecule has 2 amide bonds. The summed E-state index contributed by atoms with van der Waals surface area (Å²) in [6, 6.07) is 12.7. The molecule has 0 bridgehead atoms. The van der Waals surface area contributed by atoms with E-state index in [1.54, 1.807) is 41.6 Å². The molecule has 184 valence electrons. The number of aromatic nitrogens is 3. The van der Waals surface area contributed by atoms with Crippen LogP contribution in [0.25, 0.3) is 33.2 Å². The number of fused-ring (bicyclic) bond motifs is 2. The molecule has 10 heteroatoms. The molecule has 4 aromatic rings. The first-order chi connectivity index (χ1) is 17.4. The van der Waals surface area contributed by atoms with Crippen molar-refractivity contribution >= 4 is 45.5 Å². The van der Waals surface area contributed by atoms with Gasteiger partial charge in [0.2, 0.25) is 0 Å². The molecule has 1 fully saturated rings. The van der Waals surface area contributed by atoms with Crippen LogP contribution in [0.5, 0.6) is 0 Å². The third-order valence-electron chi connectivity index (χ3n) is 6.12. The Morgan fingerprint density at radius 2 is 1.97 bits per heavy atom. The first-order valence-electron chi connectivity index (χ1n) is 11.7. The predicted molar refractivity (Wildman–Crippen MR) is 138 cm³/mol. The van der Waals surface area contributed by atoms with E-state index in [-0.39, 0.29) is 12.5 Å². The van der Waals surface area contributed by atoms with E-state index in [9.17, 15) is 9.59 Å². The van der Waals surface area contributed by atoms with Crippen LogP contribution in [-0.4, -0.2) is 69.2 Å². The number of nitrogens with two attached hydrogens (primary N) is 1. The van der Waals surface area contributed by atoms with Crippen LogP contribution in [0.1, 0.15) is 23.7 Å². The van der Waals surface area contributed by atoms with E-state index in [1.165, 1.54) is 4.90 Å². The fraction of sp³-hybridized carbons (Fsp3) is 0.269. The van der Waals surface area contributed by atoms with Gasteiger partial charge in [0.15, 0.2) is 0 Å². The summed E-state index contributed by atoms with van der Waals surface area (Å²) in [7, 11) is 0. The highest BCUT2D eigenvalue weighted by Crippen LogP contribution is 2.30. The van der Waals surface area contributed by atoms with Gasteiger partial charge in [0.1, 0.15) is 6.17 Å². The summed E-state index contributed by atoms with van der Waals surface area (Å²) in [5, 5.41) is 1.26. The van der Waals surface area contributed by atoms with Gasteiger partial charge in [-0.2, -0.15) is 0 Å². The van der Waals surface area contributed by atoms with Gasteiger partial charge in [-0.25, -0.2) is 9.78 Å². The zero-order valence-electron chi connectivity index (χ0n) is 19.7. The summed E-state index contributed by atoms with van der Waals surface area (Å²) in [5.74, 6) is -0.186. The van der Waals surface area contributed by atoms with Crippen molar-refractivity contribution in [1.82, 2.24) is 24.8 Å². The predicted octanol–water partition coefficient (Wildman–Crippen LogP) is 4.09. The van der Waals surface area contributed by atoms with E-state index in [0.29, 0.717) is 41.5 Å². The first kappa shape index (κ1) is 23.9. The van der Waals surface area contributed by atoms with Crippen molar-refractivity contribution in [3.8, 4) is 11.3 Å². The molecular formula is C26H25ClN6O3. The largest absolute Gasteiger partial charge is 0.449 e. The molecular weight excluding hydrogens is 480 g/mol. The van der Waals surface area contributed by atoms with Gasteiger partial charge in [-0.3, -0.25) is 19.7 Å². The van der Waals surface area contributed by atoms with Gasteiger partial charge in [-0.15, -0.1) is 0 Å². The van der Waals surface area contributed by atoms with Crippen LogP contribution in [0, 0.1) is 0 Å². The maximum atomic E-state index is 13.3. The highest BCUT2D eigenvalue weighted by Gasteiger charge is 2.31. The number of nitrogens with zero attached hydrogens (tertiary/aromatic N) is 5. The van der Waals surface area contributed by atoms with Crippen LogP contribution in [-0.2, 0) is 4.74 Å². The van der Waals surface area contributed by atoms with Crippen LogP contribution < -0.4 is 5.73 Å². The minimum atomic E-state index is -0.638. The van der Waals surface area contributed by atoms with E-state index in [1.807, 2.05) is 25.1 Å². The Bertz CT molecular complexity index is 1460. The van der Waals surface area contributed by atoms with Gasteiger partial charge in [0.25, 0.3) is 5.91 Å². The van der Waals surface area contributed by atoms with Crippen molar-refractivity contribution in [1.29, 1.82) is 0 Å². The normalized spacial score (nSPS) is 15.9. The lowest BCUT2D eigenvalue weighted by atomic mass is 10.1. The van der Waals surface area contributed by atoms with Crippen molar-refractivity contribution in [2.75, 3.05) is 26.2 Å². The monoisotopic (exact) mass is 504 g/mol. The first-order valence-corrected chi connectivity index (χ1v) is 12.1. The summed E-state index contributed by atoms with van der Waals surface area (Å²) >= 11 is 6.57. The number of rotatable bonds is 4. The van der Waals surface area contributed by atoms with E-state index in [4.69, 9.17) is 27.1 Å². The minimum absolute atomic E-state index is 0.186. The van der Waals surface area contributed by atoms with Gasteiger partial charge in [0.05, 0.1) is 40.4 Å². The molecule has 2 N–H and O–H groups in total. The Morgan fingerprint density at radius 3 is 2.78 bits per heavy atom. The second-order valence-electron chi connectivity index (χ2n) is 8.61. The lowest BCUT2D eigenvalue weighted by Crippen LogP contribution is -2.60. The number of ether oxygens (including phenoxy) is 1. The van der Waals surface area contributed by atoms with E-state index in [2.05, 4.69) is 9.97 Å². The van der Waals surface area contributed by atoms with Crippen LogP contribution in [0.4, 0.5) is 4.79 Å². The standard InChI is InChI=1S/C26H25ClN6O3/c1-2-10-36-26(35)33-9-8-32(15-24(33)28)25(34)16-5-6-18-19(27)13-21(31-22(18)11-16)17-12-23-20(30-14-17)4-3-7-29-23/h3-7,11-14,24H,2,8-10,15,28H2,1H3. The van der Waals surface area contributed by atoms with Crippen LogP contribution in [0.2, 0.25) is 5.02 Å². The van der Waals surface area contributed by atoms with Crippen LogP contribution in [0.15, 0.2) is 54.9 Å². The lowest BCUT2D eigenvalue weighted by Gasteiger charge is -2.38. The number of pyridine rings is 3. The van der Waals surface area contributed by atoms with E-state index in [0.717, 1.165) is 28.4 Å². The molecule has 3 aromatic heterocycles. The Balaban J connectivity index is 1.39. The number of halogens is 1. The minimum Gasteiger partial charge on any atom is -0.449 e. The fourth-order valence-electron chi connectivity index (χ4n) is 4.24. The number of carbonyl (C=O) groups excluding carboxylic acids is 2. The lowest BCUT2D eigenvalue weighted by molar-refractivity contribution is 0.0390. The second kappa shape index (κ2) is 10.0. The van der Waals surface area contributed by atoms with Gasteiger partial charge >= 0.3 is 6.09 Å². The zero-order chi connectivity index (χ0) is 25.2. The highest BCUT2D eigenvalue weighted by molar-refractivity contribution is 6.35. The number of benzene rings is 1. The third-order valence-corrected chi connectivity index (χ3v) is 6.44. The molecule has 1 atom stereocenters. The summed E-state index contributed by atoms with van der Waals surface area (Å²) in [6.07, 6.45) is 3.09. The van der Waals surface area contributed by atoms with Gasteiger partial charge in [0, 0.05) is 42.0 Å². The maximum absolute atomic E-state index is 13.3. The van der Waals surface area contributed by atoms with Crippen LogP contribution in [0.3, 0.4) is 0 Å². The summed E-state index contributed by atoms with van der Waals surface area (Å²) in [6.45, 7) is 3.14. The second-order valence-corrected chi connectivity index (χ2v) is 9.02. The Labute approximate surface area is 212 Å². The number of carbonyl (C=O) groups is 2. The summed E-state index contributed by atoms with van der Waals surface area (Å²) in [4.78, 5) is 42.2. The highest BCUT2D eigenvalue weighted by atomic mass is 35.5. The smallest absolute Gasteiger partial charge is 0.411 e. The van der Waals surface area contributed by atoms with Crippen molar-refractivity contribution in [3.63, 3.8) is 0 Å². The summed E-state index contributed by atoms with van der Waals surface area (Å²) in [5.41, 5.74) is 10.2. The molecule has 1 unspecified atom stereocenters. The number of piperazine rings is 1. The SMILES string of the molecule is CCCOC(=O)N1CCN(C(=O)c2ccc3c(Cl)cc(-c4cnc5cccnc5c4)nc3c2)CC1N. The molecule has 0 radical (unpaired) electrons. The van der Waals surface area contributed by atoms with E-state index >= 15 is 0 Å².